The molecule has 1 saturated heterocycles. The first kappa shape index (κ1) is 26.9. The number of rotatable bonds is 4. The van der Waals surface area contributed by atoms with Gasteiger partial charge in [0.15, 0.2) is 0 Å². The molecule has 1 aliphatic heterocycles. The molecule has 0 bridgehead atoms. The fourth-order valence-corrected chi connectivity index (χ4v) is 4.20. The molecule has 0 unspecified atom stereocenters. The number of piperidine rings is 1. The van der Waals surface area contributed by atoms with Gasteiger partial charge in [-0.1, -0.05) is 11.8 Å². The van der Waals surface area contributed by atoms with Crippen LogP contribution in [0.25, 0.3) is 0 Å². The molecule has 11 heteroatoms. The van der Waals surface area contributed by atoms with E-state index in [9.17, 15) is 22.4 Å². The minimum atomic E-state index is -4.61. The van der Waals surface area contributed by atoms with E-state index in [0.717, 1.165) is 31.0 Å². The predicted octanol–water partition coefficient (Wildman–Crippen LogP) is 4.40. The molecule has 1 atom stereocenters. The van der Waals surface area contributed by atoms with Gasteiger partial charge in [0.25, 0.3) is 5.91 Å². The summed E-state index contributed by atoms with van der Waals surface area (Å²) in [4.78, 5) is 24.8. The Kier molecular flexibility index (Phi) is 7.83. The molecule has 0 saturated carbocycles. The van der Waals surface area contributed by atoms with E-state index in [2.05, 4.69) is 32.0 Å². The van der Waals surface area contributed by atoms with Crippen LogP contribution in [0.4, 0.5) is 34.9 Å². The molecule has 0 aliphatic carbocycles. The van der Waals surface area contributed by atoms with E-state index in [0.29, 0.717) is 29.9 Å². The minimum absolute atomic E-state index is 0.0425. The summed E-state index contributed by atoms with van der Waals surface area (Å²) in [6.07, 6.45) is 0.0177. The van der Waals surface area contributed by atoms with Gasteiger partial charge in [-0.25, -0.2) is 14.4 Å². The number of nitrogens with two attached hydrogens (primary N) is 1. The number of anilines is 3. The first-order valence-corrected chi connectivity index (χ1v) is 11.8. The normalized spacial score (nSPS) is 15.7. The molecule has 1 aromatic heterocycles. The average Bonchev–Trinajstić information content (AvgIpc) is 2.88. The topological polar surface area (TPSA) is 87.4 Å². The van der Waals surface area contributed by atoms with Gasteiger partial charge in [-0.15, -0.1) is 0 Å². The zero-order chi connectivity index (χ0) is 27.4. The molecule has 3 N–H and O–H groups in total. The fraction of sp³-hybridized carbons (Fsp3) is 0.296. The van der Waals surface area contributed by atoms with Crippen LogP contribution in [0.3, 0.4) is 0 Å². The van der Waals surface area contributed by atoms with Crippen molar-refractivity contribution in [1.29, 1.82) is 0 Å². The summed E-state index contributed by atoms with van der Waals surface area (Å²) in [5.41, 5.74) is 5.37. The molecule has 1 amide bonds. The van der Waals surface area contributed by atoms with Crippen molar-refractivity contribution in [1.82, 2.24) is 14.9 Å². The molecule has 0 spiro atoms. The maximum Gasteiger partial charge on any atom is 0.416 e. The van der Waals surface area contributed by atoms with Gasteiger partial charge in [0.2, 0.25) is 5.95 Å². The highest BCUT2D eigenvalue weighted by molar-refractivity contribution is 6.06. The Bertz CT molecular complexity index is 1380. The van der Waals surface area contributed by atoms with Gasteiger partial charge < -0.3 is 20.9 Å². The Hall–Kier alpha value is -4.17. The summed E-state index contributed by atoms with van der Waals surface area (Å²) in [6, 6.07) is 7.14. The lowest BCUT2D eigenvalue weighted by Gasteiger charge is -2.38. The average molecular weight is 527 g/mol. The molecular weight excluding hydrogens is 500 g/mol. The molecule has 1 fully saturated rings. The van der Waals surface area contributed by atoms with Crippen molar-refractivity contribution in [2.45, 2.75) is 25.1 Å². The molecule has 38 heavy (non-hydrogen) atoms. The molecule has 2 aromatic carbocycles. The Balaban J connectivity index is 1.64. The van der Waals surface area contributed by atoms with E-state index in [4.69, 9.17) is 5.73 Å². The Morgan fingerprint density at radius 3 is 2.50 bits per heavy atom. The van der Waals surface area contributed by atoms with Crippen LogP contribution in [0.5, 0.6) is 0 Å². The van der Waals surface area contributed by atoms with Gasteiger partial charge in [-0.05, 0) is 63.3 Å². The second-order valence-electron chi connectivity index (χ2n) is 9.16. The second-order valence-corrected chi connectivity index (χ2v) is 9.16. The van der Waals surface area contributed by atoms with E-state index in [1.165, 1.54) is 30.6 Å². The lowest BCUT2D eigenvalue weighted by molar-refractivity contribution is -0.137. The number of nitrogen functional groups attached to an aromatic ring is 1. The number of carbonyl (C=O) groups is 1. The van der Waals surface area contributed by atoms with Crippen LogP contribution in [0.1, 0.15) is 39.9 Å². The molecule has 2 heterocycles. The van der Waals surface area contributed by atoms with E-state index < -0.39 is 23.5 Å². The number of halogens is 4. The molecule has 4 rings (SSSR count). The standard InChI is InChI=1S/C27H26F4N6O/c1-36(2)20-4-3-11-37(16-20)24-10-8-19(27(29,30)31)13-23(24)35-25(38)21-12-17(7-9-22(21)28)5-6-18-14-33-26(32)34-15-18/h7-10,12-15,20H,3-4,11,16H2,1-2H3,(H,35,38)(H2,32,33,34)/t20-/m0/s1. The van der Waals surface area contributed by atoms with Gasteiger partial charge >= 0.3 is 6.18 Å². The van der Waals surface area contributed by atoms with Crippen LogP contribution in [0, 0.1) is 17.7 Å². The monoisotopic (exact) mass is 526 g/mol. The molecule has 0 radical (unpaired) electrons. The van der Waals surface area contributed by atoms with Gasteiger partial charge in [-0.3, -0.25) is 4.79 Å². The number of carbonyl (C=O) groups excluding carboxylic acids is 1. The maximum atomic E-state index is 14.7. The van der Waals surface area contributed by atoms with Gasteiger partial charge in [0.05, 0.1) is 28.1 Å². The van der Waals surface area contributed by atoms with Crippen LogP contribution in [0.15, 0.2) is 48.8 Å². The molecule has 3 aromatic rings. The minimum Gasteiger partial charge on any atom is -0.368 e. The maximum absolute atomic E-state index is 14.7. The zero-order valence-electron chi connectivity index (χ0n) is 20.8. The number of hydrogen-bond acceptors (Lipinski definition) is 6. The molecular formula is C27H26F4N6O. The summed E-state index contributed by atoms with van der Waals surface area (Å²) in [7, 11) is 3.89. The summed E-state index contributed by atoms with van der Waals surface area (Å²) in [5, 5.41) is 2.51. The van der Waals surface area contributed by atoms with Crippen molar-refractivity contribution in [2.75, 3.05) is 43.1 Å². The van der Waals surface area contributed by atoms with Gasteiger partial charge in [0, 0.05) is 37.1 Å². The van der Waals surface area contributed by atoms with Crippen molar-refractivity contribution in [3.8, 4) is 11.8 Å². The number of benzene rings is 2. The highest BCUT2D eigenvalue weighted by Gasteiger charge is 2.32. The van der Waals surface area contributed by atoms with E-state index in [1.807, 2.05) is 19.0 Å². The van der Waals surface area contributed by atoms with Crippen LogP contribution in [0.2, 0.25) is 0 Å². The van der Waals surface area contributed by atoms with Crippen LogP contribution in [-0.4, -0.2) is 54.0 Å². The second kappa shape index (κ2) is 11.1. The number of hydrogen-bond donors (Lipinski definition) is 2. The predicted molar refractivity (Wildman–Crippen MR) is 137 cm³/mol. The van der Waals surface area contributed by atoms with E-state index in [1.54, 1.807) is 0 Å². The van der Waals surface area contributed by atoms with Crippen molar-refractivity contribution in [2.24, 2.45) is 0 Å². The Morgan fingerprint density at radius 2 is 1.82 bits per heavy atom. The number of amides is 1. The third-order valence-electron chi connectivity index (χ3n) is 6.27. The number of nitrogens with zero attached hydrogens (tertiary/aromatic N) is 4. The summed E-state index contributed by atoms with van der Waals surface area (Å²) >= 11 is 0. The summed E-state index contributed by atoms with van der Waals surface area (Å²) in [6.45, 7) is 1.20. The quantitative estimate of drug-likeness (QED) is 0.387. The first-order valence-electron chi connectivity index (χ1n) is 11.8. The van der Waals surface area contributed by atoms with E-state index in [-0.39, 0.29) is 23.2 Å². The molecule has 1 aliphatic rings. The fourth-order valence-electron chi connectivity index (χ4n) is 4.20. The smallest absolute Gasteiger partial charge is 0.368 e. The number of nitrogens with one attached hydrogen (secondary N) is 1. The van der Waals surface area contributed by atoms with Gasteiger partial charge in [-0.2, -0.15) is 13.2 Å². The van der Waals surface area contributed by atoms with Crippen molar-refractivity contribution < 1.29 is 22.4 Å². The molecule has 198 valence electrons. The zero-order valence-corrected chi connectivity index (χ0v) is 20.8. The van der Waals surface area contributed by atoms with E-state index >= 15 is 0 Å². The molecule has 7 nitrogen and oxygen atoms in total. The Morgan fingerprint density at radius 1 is 1.11 bits per heavy atom. The van der Waals surface area contributed by atoms with Crippen LogP contribution in [-0.2, 0) is 6.18 Å². The highest BCUT2D eigenvalue weighted by Crippen LogP contribution is 2.37. The lowest BCUT2D eigenvalue weighted by Crippen LogP contribution is -2.45. The third kappa shape index (κ3) is 6.39. The lowest BCUT2D eigenvalue weighted by atomic mass is 10.0. The third-order valence-corrected chi connectivity index (χ3v) is 6.27. The number of aromatic nitrogens is 2. The number of alkyl halides is 3. The first-order chi connectivity index (χ1) is 18.0. The van der Waals surface area contributed by atoms with Crippen molar-refractivity contribution in [3.05, 3.63) is 76.9 Å². The van der Waals surface area contributed by atoms with Crippen molar-refractivity contribution in [3.63, 3.8) is 0 Å². The SMILES string of the molecule is CN(C)[C@H]1CCCN(c2ccc(C(F)(F)F)cc2NC(=O)c2cc(C#Cc3cnc(N)nc3)ccc2F)C1. The Labute approximate surface area is 217 Å². The number of likely N-dealkylation sites (N-methyl/N-ethyl adjacent to an activating group) is 1. The van der Waals surface area contributed by atoms with Crippen LogP contribution >= 0.6 is 0 Å². The largest absolute Gasteiger partial charge is 0.416 e. The van der Waals surface area contributed by atoms with Gasteiger partial charge in [0.1, 0.15) is 5.82 Å². The summed E-state index contributed by atoms with van der Waals surface area (Å²) in [5.74, 6) is 3.96. The highest BCUT2D eigenvalue weighted by atomic mass is 19.4. The van der Waals surface area contributed by atoms with Crippen LogP contribution < -0.4 is 16.0 Å². The van der Waals surface area contributed by atoms with Crippen molar-refractivity contribution >= 4 is 23.2 Å². The summed E-state index contributed by atoms with van der Waals surface area (Å²) < 4.78 is 55.2.